The summed E-state index contributed by atoms with van der Waals surface area (Å²) in [6, 6.07) is 4.97. The minimum absolute atomic E-state index is 0.217. The van der Waals surface area contributed by atoms with Crippen LogP contribution in [0, 0.1) is 5.92 Å². The lowest BCUT2D eigenvalue weighted by Crippen LogP contribution is -2.31. The molecule has 1 atom stereocenters. The minimum Gasteiger partial charge on any atom is -0.324 e. The highest BCUT2D eigenvalue weighted by Crippen LogP contribution is 2.31. The van der Waals surface area contributed by atoms with Crippen LogP contribution in [0.15, 0.2) is 29.2 Å². The van der Waals surface area contributed by atoms with E-state index in [0.717, 1.165) is 11.1 Å². The van der Waals surface area contributed by atoms with Crippen LogP contribution in [-0.2, 0) is 10.0 Å². The Kier molecular flexibility index (Phi) is 5.97. The minimum atomic E-state index is -3.50. The molecule has 2 rings (SSSR count). The maximum atomic E-state index is 12.4. The van der Waals surface area contributed by atoms with Gasteiger partial charge in [0, 0.05) is 19.1 Å². The standard InChI is InChI=1S/C17H27N3O2S/c1-13(18)17-12-16(23(21,22)19-10-11-20(2)3)9-8-15(17)7-6-14-4-5-14/h6-9,12-14,19H,4-5,10-11,18H2,1-3H3/b7-6+/t13-/m1/s1. The van der Waals surface area contributed by atoms with Crippen molar-refractivity contribution >= 4 is 16.1 Å². The topological polar surface area (TPSA) is 75.4 Å². The van der Waals surface area contributed by atoms with Crippen molar-refractivity contribution in [1.82, 2.24) is 9.62 Å². The summed E-state index contributed by atoms with van der Waals surface area (Å²) in [5, 5.41) is 0. The van der Waals surface area contributed by atoms with Crippen molar-refractivity contribution in [2.45, 2.75) is 30.7 Å². The number of benzene rings is 1. The molecule has 1 aliphatic rings. The number of hydrogen-bond acceptors (Lipinski definition) is 4. The normalized spacial score (nSPS) is 17.1. The van der Waals surface area contributed by atoms with Gasteiger partial charge in [0.15, 0.2) is 0 Å². The van der Waals surface area contributed by atoms with Crippen LogP contribution in [0.4, 0.5) is 0 Å². The fraction of sp³-hybridized carbons (Fsp3) is 0.529. The molecule has 0 amide bonds. The Morgan fingerprint density at radius 1 is 1.39 bits per heavy atom. The first-order valence-electron chi connectivity index (χ1n) is 8.02. The number of sulfonamides is 1. The maximum absolute atomic E-state index is 12.4. The van der Waals surface area contributed by atoms with Gasteiger partial charge in [0.2, 0.25) is 10.0 Å². The monoisotopic (exact) mass is 337 g/mol. The van der Waals surface area contributed by atoms with Crippen molar-refractivity contribution < 1.29 is 8.42 Å². The molecule has 0 saturated heterocycles. The van der Waals surface area contributed by atoms with Crippen LogP contribution in [0.5, 0.6) is 0 Å². The zero-order valence-electron chi connectivity index (χ0n) is 14.1. The van der Waals surface area contributed by atoms with E-state index < -0.39 is 10.0 Å². The molecule has 6 heteroatoms. The summed E-state index contributed by atoms with van der Waals surface area (Å²) < 4.78 is 27.4. The molecule has 1 saturated carbocycles. The number of allylic oxidation sites excluding steroid dienone is 1. The summed E-state index contributed by atoms with van der Waals surface area (Å²) in [4.78, 5) is 2.20. The molecule has 0 bridgehead atoms. The third-order valence-corrected chi connectivity index (χ3v) is 5.34. The van der Waals surface area contributed by atoms with Crippen molar-refractivity contribution in [3.8, 4) is 0 Å². The lowest BCUT2D eigenvalue weighted by Gasteiger charge is -2.14. The summed E-state index contributed by atoms with van der Waals surface area (Å²) >= 11 is 0. The third-order valence-electron chi connectivity index (χ3n) is 3.88. The van der Waals surface area contributed by atoms with Crippen LogP contribution in [-0.4, -0.2) is 40.5 Å². The molecule has 1 aromatic rings. The molecule has 0 aromatic heterocycles. The Morgan fingerprint density at radius 3 is 2.65 bits per heavy atom. The first-order chi connectivity index (χ1) is 10.8. The number of hydrogen-bond donors (Lipinski definition) is 2. The maximum Gasteiger partial charge on any atom is 0.240 e. The molecular formula is C17H27N3O2S. The summed E-state index contributed by atoms with van der Waals surface area (Å²) in [5.74, 6) is 0.673. The van der Waals surface area contributed by atoms with E-state index in [-0.39, 0.29) is 10.9 Å². The van der Waals surface area contributed by atoms with Crippen LogP contribution in [0.25, 0.3) is 6.08 Å². The number of rotatable bonds is 8. The second-order valence-electron chi connectivity index (χ2n) is 6.48. The zero-order chi connectivity index (χ0) is 17.0. The third kappa shape index (κ3) is 5.42. The van der Waals surface area contributed by atoms with E-state index in [1.54, 1.807) is 12.1 Å². The van der Waals surface area contributed by atoms with Crippen LogP contribution >= 0.6 is 0 Å². The van der Waals surface area contributed by atoms with Gasteiger partial charge >= 0.3 is 0 Å². The Morgan fingerprint density at radius 2 is 2.09 bits per heavy atom. The van der Waals surface area contributed by atoms with Crippen molar-refractivity contribution in [1.29, 1.82) is 0 Å². The van der Waals surface area contributed by atoms with Gasteiger partial charge in [-0.3, -0.25) is 0 Å². The summed E-state index contributed by atoms with van der Waals surface area (Å²) in [6.07, 6.45) is 6.73. The van der Waals surface area contributed by atoms with E-state index in [9.17, 15) is 8.42 Å². The number of nitrogens with zero attached hydrogens (tertiary/aromatic N) is 1. The molecule has 23 heavy (non-hydrogen) atoms. The van der Waals surface area contributed by atoms with Gasteiger partial charge in [-0.25, -0.2) is 13.1 Å². The predicted molar refractivity (Wildman–Crippen MR) is 94.5 cm³/mol. The van der Waals surface area contributed by atoms with Gasteiger partial charge in [0.25, 0.3) is 0 Å². The molecule has 128 valence electrons. The highest BCUT2D eigenvalue weighted by Gasteiger charge is 2.19. The van der Waals surface area contributed by atoms with E-state index >= 15 is 0 Å². The van der Waals surface area contributed by atoms with Crippen LogP contribution < -0.4 is 10.5 Å². The highest BCUT2D eigenvalue weighted by atomic mass is 32.2. The quantitative estimate of drug-likeness (QED) is 0.760. The number of nitrogens with one attached hydrogen (secondary N) is 1. The molecule has 0 radical (unpaired) electrons. The summed E-state index contributed by atoms with van der Waals surface area (Å²) in [5.41, 5.74) is 7.89. The second-order valence-corrected chi connectivity index (χ2v) is 8.24. The van der Waals surface area contributed by atoms with E-state index in [1.807, 2.05) is 32.0 Å². The molecule has 0 aliphatic heterocycles. The van der Waals surface area contributed by atoms with E-state index in [1.165, 1.54) is 12.8 Å². The van der Waals surface area contributed by atoms with Gasteiger partial charge in [0.05, 0.1) is 4.90 Å². The molecular weight excluding hydrogens is 310 g/mol. The highest BCUT2D eigenvalue weighted by molar-refractivity contribution is 7.89. The number of nitrogens with two attached hydrogens (primary N) is 1. The SMILES string of the molecule is C[C@@H](N)c1cc(S(=O)(=O)NCCN(C)C)ccc1/C=C/C1CC1. The van der Waals surface area contributed by atoms with Crippen LogP contribution in [0.3, 0.4) is 0 Å². The van der Waals surface area contributed by atoms with Crippen LogP contribution in [0.1, 0.15) is 36.9 Å². The van der Waals surface area contributed by atoms with E-state index in [0.29, 0.717) is 19.0 Å². The van der Waals surface area contributed by atoms with Crippen LogP contribution in [0.2, 0.25) is 0 Å². The van der Waals surface area contributed by atoms with Crippen molar-refractivity contribution in [2.75, 3.05) is 27.2 Å². The Labute approximate surface area is 139 Å². The van der Waals surface area contributed by atoms with Gasteiger partial charge in [-0.1, -0.05) is 18.2 Å². The first kappa shape index (κ1) is 18.1. The van der Waals surface area contributed by atoms with Gasteiger partial charge in [-0.2, -0.15) is 0 Å². The molecule has 0 unspecified atom stereocenters. The summed E-state index contributed by atoms with van der Waals surface area (Å²) in [6.45, 7) is 2.91. The zero-order valence-corrected chi connectivity index (χ0v) is 14.9. The molecule has 0 heterocycles. The molecule has 3 N–H and O–H groups in total. The smallest absolute Gasteiger partial charge is 0.240 e. The van der Waals surface area contributed by atoms with Gasteiger partial charge in [-0.05, 0) is 63.0 Å². The van der Waals surface area contributed by atoms with Crippen molar-refractivity contribution in [3.05, 3.63) is 35.4 Å². The fourth-order valence-electron chi connectivity index (χ4n) is 2.28. The lowest BCUT2D eigenvalue weighted by molar-refractivity contribution is 0.412. The van der Waals surface area contributed by atoms with Gasteiger partial charge in [0.1, 0.15) is 0 Å². The molecule has 5 nitrogen and oxygen atoms in total. The van der Waals surface area contributed by atoms with Gasteiger partial charge in [-0.15, -0.1) is 0 Å². The first-order valence-corrected chi connectivity index (χ1v) is 9.50. The van der Waals surface area contributed by atoms with E-state index in [2.05, 4.69) is 16.9 Å². The molecule has 0 spiro atoms. The van der Waals surface area contributed by atoms with Gasteiger partial charge < -0.3 is 10.6 Å². The Hall–Kier alpha value is -1.21. The van der Waals surface area contributed by atoms with Crippen molar-refractivity contribution in [3.63, 3.8) is 0 Å². The molecule has 1 aliphatic carbocycles. The molecule has 1 fully saturated rings. The Bertz CT molecular complexity index is 662. The largest absolute Gasteiger partial charge is 0.324 e. The van der Waals surface area contributed by atoms with Crippen molar-refractivity contribution in [2.24, 2.45) is 11.7 Å². The average Bonchev–Trinajstić information content (AvgIpc) is 3.28. The average molecular weight is 337 g/mol. The Balaban J connectivity index is 2.20. The predicted octanol–water partition coefficient (Wildman–Crippen LogP) is 1.97. The molecule has 1 aromatic carbocycles. The lowest BCUT2D eigenvalue weighted by atomic mass is 10.0. The second kappa shape index (κ2) is 7.57. The fourth-order valence-corrected chi connectivity index (χ4v) is 3.34. The summed E-state index contributed by atoms with van der Waals surface area (Å²) in [7, 11) is 0.309. The van der Waals surface area contributed by atoms with E-state index in [4.69, 9.17) is 5.73 Å². The number of likely N-dealkylation sites (N-methyl/N-ethyl adjacent to an activating group) is 1.